The van der Waals surface area contributed by atoms with Gasteiger partial charge in [0.05, 0.1) is 11.3 Å². The zero-order chi connectivity index (χ0) is 17.8. The van der Waals surface area contributed by atoms with E-state index in [1.54, 1.807) is 12.5 Å². The van der Waals surface area contributed by atoms with Crippen molar-refractivity contribution in [2.24, 2.45) is 0 Å². The molecule has 8 heteroatoms. The van der Waals surface area contributed by atoms with Crippen LogP contribution in [0.15, 0.2) is 61.2 Å². The summed E-state index contributed by atoms with van der Waals surface area (Å²) in [5, 5.41) is 14.0. The smallest absolute Gasteiger partial charge is 0.282 e. The van der Waals surface area contributed by atoms with Gasteiger partial charge >= 0.3 is 0 Å². The fourth-order valence-corrected chi connectivity index (χ4v) is 2.50. The molecule has 126 valence electrons. The summed E-state index contributed by atoms with van der Waals surface area (Å²) in [5.41, 5.74) is 1.46. The summed E-state index contributed by atoms with van der Waals surface area (Å²) in [4.78, 5) is 26.7. The average Bonchev–Trinajstić information content (AvgIpc) is 3.14. The fraction of sp³-hybridized carbons (Fsp3) is 0.0588. The predicted molar refractivity (Wildman–Crippen MR) is 92.8 cm³/mol. The summed E-state index contributed by atoms with van der Waals surface area (Å²) in [5.74, 6) is -0.548. The van der Waals surface area contributed by atoms with Gasteiger partial charge in [0, 0.05) is 35.7 Å². The van der Waals surface area contributed by atoms with Gasteiger partial charge in [0.25, 0.3) is 11.6 Å². The quantitative estimate of drug-likeness (QED) is 0.560. The van der Waals surface area contributed by atoms with Crippen LogP contribution in [0, 0.1) is 10.1 Å². The number of halogens is 1. The maximum Gasteiger partial charge on any atom is 0.282 e. The number of imidazole rings is 1. The van der Waals surface area contributed by atoms with Gasteiger partial charge in [-0.05, 0) is 29.8 Å². The van der Waals surface area contributed by atoms with Crippen molar-refractivity contribution < 1.29 is 9.72 Å². The second-order valence-corrected chi connectivity index (χ2v) is 5.67. The number of benzene rings is 2. The van der Waals surface area contributed by atoms with Crippen LogP contribution in [0.2, 0.25) is 5.02 Å². The molecule has 0 unspecified atom stereocenters. The van der Waals surface area contributed by atoms with Gasteiger partial charge in [-0.3, -0.25) is 14.9 Å². The summed E-state index contributed by atoms with van der Waals surface area (Å²) in [7, 11) is 0. The maximum absolute atomic E-state index is 12.3. The lowest BCUT2D eigenvalue weighted by Gasteiger charge is -2.08. The molecule has 0 aliphatic rings. The lowest BCUT2D eigenvalue weighted by Crippen LogP contribution is -2.23. The van der Waals surface area contributed by atoms with Crippen LogP contribution in [0.5, 0.6) is 0 Å². The van der Waals surface area contributed by atoms with Gasteiger partial charge < -0.3 is 9.88 Å². The maximum atomic E-state index is 12.3. The molecule has 0 radical (unpaired) electrons. The fourth-order valence-electron chi connectivity index (χ4n) is 2.32. The van der Waals surface area contributed by atoms with Gasteiger partial charge in [-0.15, -0.1) is 0 Å². The SMILES string of the molecule is O=C(NCc1ccc(-n2ccnc2)cc1)c1cc(Cl)ccc1[N+](=O)[O-]. The van der Waals surface area contributed by atoms with E-state index in [9.17, 15) is 14.9 Å². The Kier molecular flexibility index (Phi) is 4.76. The van der Waals surface area contributed by atoms with Crippen LogP contribution in [-0.4, -0.2) is 20.4 Å². The second kappa shape index (κ2) is 7.14. The molecule has 0 aliphatic carbocycles. The molecule has 1 heterocycles. The van der Waals surface area contributed by atoms with Crippen molar-refractivity contribution in [2.75, 3.05) is 0 Å². The molecule has 2 aromatic carbocycles. The van der Waals surface area contributed by atoms with Crippen LogP contribution in [0.3, 0.4) is 0 Å². The Morgan fingerprint density at radius 2 is 2.00 bits per heavy atom. The molecule has 0 atom stereocenters. The number of nitro groups is 1. The standard InChI is InChI=1S/C17H13ClN4O3/c18-13-3-6-16(22(24)25)15(9-13)17(23)20-10-12-1-4-14(5-2-12)21-8-7-19-11-21/h1-9,11H,10H2,(H,20,23). The number of aromatic nitrogens is 2. The van der Waals surface area contributed by atoms with Crippen LogP contribution >= 0.6 is 11.6 Å². The topological polar surface area (TPSA) is 90.1 Å². The van der Waals surface area contributed by atoms with E-state index in [1.165, 1.54) is 18.2 Å². The molecule has 3 rings (SSSR count). The summed E-state index contributed by atoms with van der Waals surface area (Å²) >= 11 is 5.84. The summed E-state index contributed by atoms with van der Waals surface area (Å²) in [6, 6.07) is 11.4. The normalized spacial score (nSPS) is 10.4. The van der Waals surface area contributed by atoms with Crippen molar-refractivity contribution in [3.05, 3.63) is 87.4 Å². The van der Waals surface area contributed by atoms with E-state index in [2.05, 4.69) is 10.3 Å². The number of hydrogen-bond donors (Lipinski definition) is 1. The van der Waals surface area contributed by atoms with Crippen LogP contribution < -0.4 is 5.32 Å². The highest BCUT2D eigenvalue weighted by atomic mass is 35.5. The molecule has 1 N–H and O–H groups in total. The summed E-state index contributed by atoms with van der Waals surface area (Å²) in [6.07, 6.45) is 5.20. The summed E-state index contributed by atoms with van der Waals surface area (Å²) in [6.45, 7) is 0.243. The van der Waals surface area contributed by atoms with E-state index in [-0.39, 0.29) is 22.8 Å². The van der Waals surface area contributed by atoms with E-state index in [0.29, 0.717) is 0 Å². The molecule has 0 bridgehead atoms. The molecule has 1 aromatic heterocycles. The molecule has 3 aromatic rings. The van der Waals surface area contributed by atoms with Crippen molar-refractivity contribution in [3.8, 4) is 5.69 Å². The van der Waals surface area contributed by atoms with Gasteiger partial charge in [0.1, 0.15) is 5.56 Å². The Bertz CT molecular complexity index is 908. The van der Waals surface area contributed by atoms with Crippen molar-refractivity contribution in [2.45, 2.75) is 6.54 Å². The van der Waals surface area contributed by atoms with E-state index in [4.69, 9.17) is 11.6 Å². The first-order chi connectivity index (χ1) is 12.0. The van der Waals surface area contributed by atoms with Gasteiger partial charge in [-0.2, -0.15) is 0 Å². The molecule has 0 aliphatic heterocycles. The first-order valence-corrected chi connectivity index (χ1v) is 7.72. The van der Waals surface area contributed by atoms with Crippen LogP contribution in [0.4, 0.5) is 5.69 Å². The number of rotatable bonds is 5. The van der Waals surface area contributed by atoms with E-state index in [1.807, 2.05) is 35.0 Å². The average molecular weight is 357 g/mol. The molecule has 25 heavy (non-hydrogen) atoms. The molecule has 0 saturated heterocycles. The van der Waals surface area contributed by atoms with Crippen LogP contribution in [0.1, 0.15) is 15.9 Å². The Morgan fingerprint density at radius 3 is 2.64 bits per heavy atom. The molecule has 0 fully saturated rings. The number of carbonyl (C=O) groups excluding carboxylic acids is 1. The number of hydrogen-bond acceptors (Lipinski definition) is 4. The Morgan fingerprint density at radius 1 is 1.24 bits per heavy atom. The van der Waals surface area contributed by atoms with Gasteiger partial charge in [-0.1, -0.05) is 23.7 Å². The highest BCUT2D eigenvalue weighted by Gasteiger charge is 2.20. The van der Waals surface area contributed by atoms with E-state index in [0.717, 1.165) is 11.3 Å². The lowest BCUT2D eigenvalue weighted by molar-refractivity contribution is -0.385. The van der Waals surface area contributed by atoms with E-state index < -0.39 is 10.8 Å². The first kappa shape index (κ1) is 16.7. The van der Waals surface area contributed by atoms with Gasteiger partial charge in [-0.25, -0.2) is 4.98 Å². The zero-order valence-electron chi connectivity index (χ0n) is 12.9. The molecule has 7 nitrogen and oxygen atoms in total. The Hall–Kier alpha value is -3.19. The Balaban J connectivity index is 1.70. The van der Waals surface area contributed by atoms with E-state index >= 15 is 0 Å². The highest BCUT2D eigenvalue weighted by molar-refractivity contribution is 6.31. The minimum Gasteiger partial charge on any atom is -0.348 e. The largest absolute Gasteiger partial charge is 0.348 e. The number of carbonyl (C=O) groups is 1. The van der Waals surface area contributed by atoms with Crippen LogP contribution in [-0.2, 0) is 6.54 Å². The predicted octanol–water partition coefficient (Wildman–Crippen LogP) is 3.36. The summed E-state index contributed by atoms with van der Waals surface area (Å²) < 4.78 is 1.86. The third kappa shape index (κ3) is 3.84. The number of amides is 1. The first-order valence-electron chi connectivity index (χ1n) is 7.34. The monoisotopic (exact) mass is 356 g/mol. The van der Waals surface area contributed by atoms with Crippen molar-refractivity contribution in [1.82, 2.24) is 14.9 Å². The minimum atomic E-state index is -0.606. The highest BCUT2D eigenvalue weighted by Crippen LogP contribution is 2.22. The molecule has 1 amide bonds. The minimum absolute atomic E-state index is 0.0625. The lowest BCUT2D eigenvalue weighted by atomic mass is 10.1. The van der Waals surface area contributed by atoms with Crippen molar-refractivity contribution in [3.63, 3.8) is 0 Å². The Labute approximate surface area is 148 Å². The zero-order valence-corrected chi connectivity index (χ0v) is 13.7. The number of nitrogens with one attached hydrogen (secondary N) is 1. The van der Waals surface area contributed by atoms with Gasteiger partial charge in [0.15, 0.2) is 0 Å². The van der Waals surface area contributed by atoms with Crippen LogP contribution in [0.25, 0.3) is 5.69 Å². The van der Waals surface area contributed by atoms with Crippen molar-refractivity contribution >= 4 is 23.2 Å². The van der Waals surface area contributed by atoms with Gasteiger partial charge in [0.2, 0.25) is 0 Å². The number of nitro benzene ring substituents is 1. The molecular weight excluding hydrogens is 344 g/mol. The van der Waals surface area contributed by atoms with Crippen molar-refractivity contribution in [1.29, 1.82) is 0 Å². The molecule has 0 spiro atoms. The molecule has 0 saturated carbocycles. The third-order valence-corrected chi connectivity index (χ3v) is 3.83. The second-order valence-electron chi connectivity index (χ2n) is 5.24. The third-order valence-electron chi connectivity index (χ3n) is 3.59. The molecular formula is C17H13ClN4O3. The number of nitrogens with zero attached hydrogens (tertiary/aromatic N) is 3.